The van der Waals surface area contributed by atoms with Gasteiger partial charge in [0.25, 0.3) is 0 Å². The maximum Gasteiger partial charge on any atom is 0.181 e. The van der Waals surface area contributed by atoms with Gasteiger partial charge in [0.2, 0.25) is 0 Å². The molecule has 0 saturated heterocycles. The summed E-state index contributed by atoms with van der Waals surface area (Å²) in [4.78, 5) is 0. The van der Waals surface area contributed by atoms with Gasteiger partial charge in [-0.25, -0.2) is 0 Å². The van der Waals surface area contributed by atoms with E-state index in [1.807, 2.05) is 0 Å². The Hall–Kier alpha value is -0.306. The van der Waals surface area contributed by atoms with E-state index in [1.165, 1.54) is 12.1 Å². The summed E-state index contributed by atoms with van der Waals surface area (Å²) in [5.41, 5.74) is 0. The molecule has 0 N–H and O–H groups in total. The number of nitriles is 2. The maximum atomic E-state index is 7.26. The van der Waals surface area contributed by atoms with Crippen LogP contribution in [0.3, 0.4) is 0 Å². The third-order valence-electron chi connectivity index (χ3n) is 0.0500. The van der Waals surface area contributed by atoms with Crippen molar-refractivity contribution in [3.8, 4) is 12.1 Å². The number of nitrogens with zero attached hydrogens (tertiary/aromatic N) is 2. The minimum Gasteiger partial charge on any atom is -0.181 e. The Labute approximate surface area is 44.9 Å². The van der Waals surface area contributed by atoms with Gasteiger partial charge in [0.1, 0.15) is 0 Å². The van der Waals surface area contributed by atoms with Gasteiger partial charge in [-0.3, -0.25) is 0 Å². The minimum atomic E-state index is 0. The molecule has 0 atom stereocenters. The topological polar surface area (TPSA) is 47.6 Å². The summed E-state index contributed by atoms with van der Waals surface area (Å²) in [6, 6.07) is 2.47. The molecule has 0 amide bonds. The summed E-state index contributed by atoms with van der Waals surface area (Å²) in [6.07, 6.45) is 0. The van der Waals surface area contributed by atoms with Gasteiger partial charge >= 0.3 is 0 Å². The smallest absolute Gasteiger partial charge is 0.181 e. The summed E-state index contributed by atoms with van der Waals surface area (Å²) in [6.45, 7) is 0. The number of hydrogen-bond acceptors (Lipinski definition) is 2. The Morgan fingerprint density at radius 1 is 1.00 bits per heavy atom. The Kier molecular flexibility index (Phi) is 16.5. The van der Waals surface area contributed by atoms with Crippen molar-refractivity contribution in [2.24, 2.45) is 0 Å². The molecule has 0 aromatic carbocycles. The van der Waals surface area contributed by atoms with Crippen molar-refractivity contribution in [2.75, 3.05) is 0 Å². The average Bonchev–Trinajstić information content (AvgIpc) is 1.37. The Morgan fingerprint density at radius 3 is 1.20 bits per heavy atom. The van der Waals surface area contributed by atoms with Gasteiger partial charge in [-0.1, -0.05) is 0 Å². The van der Waals surface area contributed by atoms with E-state index < -0.39 is 0 Å². The molecule has 22 valence electrons. The first-order valence-corrected chi connectivity index (χ1v) is 0.697. The van der Waals surface area contributed by atoms with E-state index in [1.54, 1.807) is 0 Å². The van der Waals surface area contributed by atoms with Crippen molar-refractivity contribution < 1.29 is 21.7 Å². The fraction of sp³-hybridized carbons (Fsp3) is 0. The molecule has 0 radical (unpaired) electrons. The van der Waals surface area contributed by atoms with Crippen LogP contribution in [0.5, 0.6) is 0 Å². The van der Waals surface area contributed by atoms with E-state index in [0.717, 1.165) is 0 Å². The summed E-state index contributed by atoms with van der Waals surface area (Å²) in [5, 5.41) is 14.5. The second-order valence-corrected chi connectivity index (χ2v) is 0.224. The van der Waals surface area contributed by atoms with Crippen LogP contribution in [0, 0.1) is 22.7 Å². The maximum absolute atomic E-state index is 7.26. The Balaban J connectivity index is 0. The van der Waals surface area contributed by atoms with Gasteiger partial charge in [0.05, 0.1) is 0 Å². The first-order chi connectivity index (χ1) is 1.91. The summed E-state index contributed by atoms with van der Waals surface area (Å²) in [7, 11) is 0. The first-order valence-electron chi connectivity index (χ1n) is 0.697. The molecule has 0 fully saturated rings. The van der Waals surface area contributed by atoms with Gasteiger partial charge in [-0.15, -0.1) is 0 Å². The summed E-state index contributed by atoms with van der Waals surface area (Å²) in [5.74, 6) is 0. The minimum absolute atomic E-state index is 0. The second-order valence-electron chi connectivity index (χ2n) is 0.224. The predicted octanol–water partition coefficient (Wildman–Crippen LogP) is 0.0311. The van der Waals surface area contributed by atoms with Gasteiger partial charge in [-0.05, 0) is 0 Å². The van der Waals surface area contributed by atoms with Crippen LogP contribution in [0.25, 0.3) is 0 Å². The second kappa shape index (κ2) is 9.34. The normalized spacial score (nSPS) is 2.00. The standard InChI is InChI=1S/C2N2.Ti/c3-1-2-4;. The van der Waals surface area contributed by atoms with Gasteiger partial charge < -0.3 is 0 Å². The molecule has 0 heterocycles. The van der Waals surface area contributed by atoms with Crippen molar-refractivity contribution in [1.82, 2.24) is 0 Å². The van der Waals surface area contributed by atoms with Crippen molar-refractivity contribution in [3.63, 3.8) is 0 Å². The number of hydrogen-bond donors (Lipinski definition) is 0. The van der Waals surface area contributed by atoms with Gasteiger partial charge in [0.15, 0.2) is 12.1 Å². The molecule has 0 aromatic heterocycles. The van der Waals surface area contributed by atoms with Crippen molar-refractivity contribution >= 4 is 0 Å². The van der Waals surface area contributed by atoms with Crippen molar-refractivity contribution in [3.05, 3.63) is 0 Å². The quantitative estimate of drug-likeness (QED) is 0.403. The van der Waals surface area contributed by atoms with Crippen LogP contribution in [0.4, 0.5) is 0 Å². The summed E-state index contributed by atoms with van der Waals surface area (Å²) < 4.78 is 0. The molecule has 0 aliphatic rings. The molecule has 0 rings (SSSR count). The van der Waals surface area contributed by atoms with Gasteiger partial charge in [0, 0.05) is 21.7 Å². The molecule has 5 heavy (non-hydrogen) atoms. The molecule has 2 nitrogen and oxygen atoms in total. The molecular formula is C2N2Ti. The Morgan fingerprint density at radius 2 is 1.20 bits per heavy atom. The fourth-order valence-electron chi connectivity index (χ4n) is 0. The zero-order chi connectivity index (χ0) is 3.41. The van der Waals surface area contributed by atoms with Crippen LogP contribution in [-0.4, -0.2) is 0 Å². The molecular weight excluding hydrogens is 99.9 g/mol. The fourth-order valence-corrected chi connectivity index (χ4v) is 0. The van der Waals surface area contributed by atoms with E-state index in [4.69, 9.17) is 10.5 Å². The molecule has 0 unspecified atom stereocenters. The predicted molar refractivity (Wildman–Crippen MR) is 11.2 cm³/mol. The molecule has 0 aliphatic heterocycles. The molecule has 0 aromatic rings. The van der Waals surface area contributed by atoms with Crippen LogP contribution >= 0.6 is 0 Å². The molecule has 0 saturated carbocycles. The average molecular weight is 99.9 g/mol. The van der Waals surface area contributed by atoms with E-state index in [0.29, 0.717) is 0 Å². The van der Waals surface area contributed by atoms with Crippen LogP contribution in [-0.2, 0) is 21.7 Å². The van der Waals surface area contributed by atoms with Crippen molar-refractivity contribution in [1.29, 1.82) is 10.5 Å². The monoisotopic (exact) mass is 100.0 g/mol. The molecule has 3 heteroatoms. The molecule has 0 aliphatic carbocycles. The van der Waals surface area contributed by atoms with Crippen molar-refractivity contribution in [2.45, 2.75) is 0 Å². The Bertz CT molecular complexity index is 62.6. The van der Waals surface area contributed by atoms with Crippen LogP contribution in [0.1, 0.15) is 0 Å². The SMILES string of the molecule is N#CC#N.[Ti]. The zero-order valence-electron chi connectivity index (χ0n) is 2.39. The first kappa shape index (κ1) is 8.83. The molecule has 0 spiro atoms. The zero-order valence-corrected chi connectivity index (χ0v) is 3.96. The van der Waals surface area contributed by atoms with Gasteiger partial charge in [-0.2, -0.15) is 10.5 Å². The molecule has 0 bridgehead atoms. The van der Waals surface area contributed by atoms with Crippen LogP contribution in [0.15, 0.2) is 0 Å². The van der Waals surface area contributed by atoms with Crippen LogP contribution < -0.4 is 0 Å². The van der Waals surface area contributed by atoms with E-state index in [9.17, 15) is 0 Å². The van der Waals surface area contributed by atoms with Crippen LogP contribution in [0.2, 0.25) is 0 Å². The third-order valence-corrected chi connectivity index (χ3v) is 0.0500. The van der Waals surface area contributed by atoms with E-state index >= 15 is 0 Å². The van der Waals surface area contributed by atoms with E-state index in [2.05, 4.69) is 0 Å². The number of rotatable bonds is 0. The largest absolute Gasteiger partial charge is 0.181 e. The summed E-state index contributed by atoms with van der Waals surface area (Å²) >= 11 is 0. The third kappa shape index (κ3) is 22.0. The van der Waals surface area contributed by atoms with E-state index in [-0.39, 0.29) is 21.7 Å².